The molecule has 0 aliphatic carbocycles. The zero-order chi connectivity index (χ0) is 17.5. The summed E-state index contributed by atoms with van der Waals surface area (Å²) in [5.41, 5.74) is 12.4. The second-order valence-corrected chi connectivity index (χ2v) is 6.18. The third-order valence-electron chi connectivity index (χ3n) is 3.87. The number of carbonyl (C=O) groups is 1. The number of aliphatic hydroxyl groups excluding tert-OH is 1. The molecule has 0 spiro atoms. The van der Waals surface area contributed by atoms with E-state index in [1.807, 2.05) is 13.8 Å². The predicted octanol–water partition coefficient (Wildman–Crippen LogP) is 0.949. The third-order valence-corrected chi connectivity index (χ3v) is 3.87. The molecule has 0 aliphatic heterocycles. The van der Waals surface area contributed by atoms with Gasteiger partial charge in [0.1, 0.15) is 5.65 Å². The lowest BCUT2D eigenvalue weighted by Gasteiger charge is -2.24. The summed E-state index contributed by atoms with van der Waals surface area (Å²) in [6.45, 7) is 3.54. The minimum absolute atomic E-state index is 0.0974. The van der Waals surface area contributed by atoms with Crippen molar-refractivity contribution in [2.75, 3.05) is 18.1 Å². The summed E-state index contributed by atoms with van der Waals surface area (Å²) in [4.78, 5) is 25.0. The van der Waals surface area contributed by atoms with Crippen molar-refractivity contribution < 1.29 is 9.90 Å². The highest BCUT2D eigenvalue weighted by Crippen LogP contribution is 2.28. The molecule has 24 heavy (non-hydrogen) atoms. The fourth-order valence-corrected chi connectivity index (χ4v) is 2.48. The molecule has 8 heteroatoms. The second-order valence-electron chi connectivity index (χ2n) is 6.18. The smallest absolute Gasteiger partial charge is 0.221 e. The van der Waals surface area contributed by atoms with Gasteiger partial charge in [-0.05, 0) is 19.9 Å². The Kier molecular flexibility index (Phi) is 3.69. The van der Waals surface area contributed by atoms with Gasteiger partial charge in [0.05, 0.1) is 23.4 Å². The van der Waals surface area contributed by atoms with E-state index in [-0.39, 0.29) is 18.3 Å². The number of aromatic nitrogens is 4. The van der Waals surface area contributed by atoms with Gasteiger partial charge in [-0.25, -0.2) is 4.98 Å². The molecule has 0 amide bonds. The van der Waals surface area contributed by atoms with E-state index in [0.717, 1.165) is 0 Å². The molecule has 0 fully saturated rings. The zero-order valence-corrected chi connectivity index (χ0v) is 13.4. The van der Waals surface area contributed by atoms with E-state index >= 15 is 0 Å². The van der Waals surface area contributed by atoms with Gasteiger partial charge in [-0.1, -0.05) is 0 Å². The van der Waals surface area contributed by atoms with Crippen molar-refractivity contribution in [2.45, 2.75) is 19.4 Å². The van der Waals surface area contributed by atoms with Crippen molar-refractivity contribution >= 4 is 28.5 Å². The minimum atomic E-state index is -0.661. The quantitative estimate of drug-likeness (QED) is 0.608. The standard InChI is InChI=1S/C16H18N6O2/c1-16(2,8-23)22-7-12(11-6-20-15(18)21-14(11)22)13(24)9-3-10(17)5-19-4-9/h3-7,23H,8,17H2,1-2H3,(H2,18,20,21). The summed E-state index contributed by atoms with van der Waals surface area (Å²) < 4.78 is 1.73. The zero-order valence-electron chi connectivity index (χ0n) is 13.4. The normalized spacial score (nSPS) is 11.8. The van der Waals surface area contributed by atoms with Gasteiger partial charge in [0.2, 0.25) is 5.95 Å². The first-order valence-electron chi connectivity index (χ1n) is 7.33. The largest absolute Gasteiger partial charge is 0.397 e. The summed E-state index contributed by atoms with van der Waals surface area (Å²) in [6, 6.07) is 1.56. The number of carbonyl (C=O) groups excluding carboxylic acids is 1. The lowest BCUT2D eigenvalue weighted by molar-refractivity contribution is 0.103. The molecule has 0 saturated heterocycles. The average Bonchev–Trinajstić information content (AvgIpc) is 2.93. The van der Waals surface area contributed by atoms with Crippen LogP contribution in [0.25, 0.3) is 11.0 Å². The first kappa shape index (κ1) is 15.9. The SMILES string of the molecule is CC(C)(CO)n1cc(C(=O)c2cncc(N)c2)c2cnc(N)nc21. The lowest BCUT2D eigenvalue weighted by atomic mass is 10.1. The van der Waals surface area contributed by atoms with E-state index in [4.69, 9.17) is 11.5 Å². The Morgan fingerprint density at radius 2 is 2.04 bits per heavy atom. The summed E-state index contributed by atoms with van der Waals surface area (Å²) >= 11 is 0. The van der Waals surface area contributed by atoms with E-state index in [9.17, 15) is 9.90 Å². The molecule has 0 aliphatic rings. The first-order chi connectivity index (χ1) is 11.3. The maximum absolute atomic E-state index is 12.9. The van der Waals surface area contributed by atoms with Crippen LogP contribution in [0.4, 0.5) is 11.6 Å². The molecule has 3 heterocycles. The van der Waals surface area contributed by atoms with Gasteiger partial charge in [-0.15, -0.1) is 0 Å². The Bertz CT molecular complexity index is 931. The highest BCUT2D eigenvalue weighted by atomic mass is 16.3. The van der Waals surface area contributed by atoms with Crippen LogP contribution in [-0.2, 0) is 5.54 Å². The van der Waals surface area contributed by atoms with Gasteiger partial charge in [0.15, 0.2) is 5.78 Å². The number of nitrogens with zero attached hydrogens (tertiary/aromatic N) is 4. The number of hydrogen-bond donors (Lipinski definition) is 3. The molecule has 0 radical (unpaired) electrons. The first-order valence-corrected chi connectivity index (χ1v) is 7.33. The Morgan fingerprint density at radius 1 is 1.29 bits per heavy atom. The Hall–Kier alpha value is -3.00. The summed E-state index contributed by atoms with van der Waals surface area (Å²) in [5, 5.41) is 10.2. The summed E-state index contributed by atoms with van der Waals surface area (Å²) in [7, 11) is 0. The third kappa shape index (κ3) is 2.56. The number of rotatable bonds is 4. The Morgan fingerprint density at radius 3 is 2.71 bits per heavy atom. The maximum Gasteiger partial charge on any atom is 0.221 e. The van der Waals surface area contributed by atoms with Crippen LogP contribution in [-0.4, -0.2) is 37.0 Å². The lowest BCUT2D eigenvalue weighted by Crippen LogP contribution is -2.30. The van der Waals surface area contributed by atoms with Crippen molar-refractivity contribution in [3.63, 3.8) is 0 Å². The van der Waals surface area contributed by atoms with Gasteiger partial charge >= 0.3 is 0 Å². The van der Waals surface area contributed by atoms with Crippen molar-refractivity contribution in [3.8, 4) is 0 Å². The number of fused-ring (bicyclic) bond motifs is 1. The highest BCUT2D eigenvalue weighted by Gasteiger charge is 2.26. The summed E-state index contributed by atoms with van der Waals surface area (Å²) in [6.07, 6.45) is 6.09. The van der Waals surface area contributed by atoms with Crippen LogP contribution in [0, 0.1) is 0 Å². The number of nitrogens with two attached hydrogens (primary N) is 2. The van der Waals surface area contributed by atoms with E-state index < -0.39 is 5.54 Å². The van der Waals surface area contributed by atoms with E-state index in [1.165, 1.54) is 18.6 Å². The summed E-state index contributed by atoms with van der Waals surface area (Å²) in [5.74, 6) is -0.152. The molecule has 5 N–H and O–H groups in total. The van der Waals surface area contributed by atoms with Crippen LogP contribution < -0.4 is 11.5 Å². The van der Waals surface area contributed by atoms with Crippen molar-refractivity contribution in [2.24, 2.45) is 0 Å². The van der Waals surface area contributed by atoms with Gasteiger partial charge in [0.25, 0.3) is 0 Å². The topological polar surface area (TPSA) is 133 Å². The van der Waals surface area contributed by atoms with Crippen LogP contribution in [0.15, 0.2) is 30.9 Å². The fourth-order valence-electron chi connectivity index (χ4n) is 2.48. The maximum atomic E-state index is 12.9. The molecule has 0 unspecified atom stereocenters. The van der Waals surface area contributed by atoms with Gasteiger partial charge in [-0.3, -0.25) is 9.78 Å². The molecule has 0 bridgehead atoms. The van der Waals surface area contributed by atoms with Crippen LogP contribution in [0.5, 0.6) is 0 Å². The van der Waals surface area contributed by atoms with Crippen molar-refractivity contribution in [1.82, 2.24) is 19.5 Å². The van der Waals surface area contributed by atoms with E-state index in [0.29, 0.717) is 27.8 Å². The van der Waals surface area contributed by atoms with E-state index in [1.54, 1.807) is 16.8 Å². The van der Waals surface area contributed by atoms with Crippen molar-refractivity contribution in [1.29, 1.82) is 0 Å². The van der Waals surface area contributed by atoms with Crippen LogP contribution >= 0.6 is 0 Å². The van der Waals surface area contributed by atoms with E-state index in [2.05, 4.69) is 15.0 Å². The number of nitrogen functional groups attached to an aromatic ring is 2. The average molecular weight is 326 g/mol. The fraction of sp³-hybridized carbons (Fsp3) is 0.250. The number of ketones is 1. The second kappa shape index (κ2) is 5.57. The monoisotopic (exact) mass is 326 g/mol. The van der Waals surface area contributed by atoms with Crippen molar-refractivity contribution in [3.05, 3.63) is 42.0 Å². The molecule has 0 aromatic carbocycles. The van der Waals surface area contributed by atoms with Gasteiger partial charge < -0.3 is 21.1 Å². The molecule has 3 aromatic rings. The molecule has 0 saturated carbocycles. The molecule has 3 rings (SSSR count). The molecule has 3 aromatic heterocycles. The predicted molar refractivity (Wildman–Crippen MR) is 90.4 cm³/mol. The highest BCUT2D eigenvalue weighted by molar-refractivity contribution is 6.16. The molecule has 124 valence electrons. The Balaban J connectivity index is 2.24. The minimum Gasteiger partial charge on any atom is -0.397 e. The molecule has 8 nitrogen and oxygen atoms in total. The number of anilines is 2. The molecule has 0 atom stereocenters. The van der Waals surface area contributed by atoms with Gasteiger partial charge in [-0.2, -0.15) is 4.98 Å². The molecular weight excluding hydrogens is 308 g/mol. The Labute approximate surface area is 138 Å². The number of pyridine rings is 1. The number of aliphatic hydroxyl groups is 1. The molecular formula is C16H18N6O2. The van der Waals surface area contributed by atoms with Crippen LogP contribution in [0.3, 0.4) is 0 Å². The van der Waals surface area contributed by atoms with Crippen LogP contribution in [0.1, 0.15) is 29.8 Å². The van der Waals surface area contributed by atoms with Gasteiger partial charge in [0, 0.05) is 35.7 Å². The van der Waals surface area contributed by atoms with Crippen LogP contribution in [0.2, 0.25) is 0 Å². The number of hydrogen-bond acceptors (Lipinski definition) is 7.